The average molecular weight is 485 g/mol. The van der Waals surface area contributed by atoms with E-state index in [9.17, 15) is 10.0 Å². The second-order valence-corrected chi connectivity index (χ2v) is 10.2. The quantitative estimate of drug-likeness (QED) is 0.0802. The number of hydrogen-bond donors (Lipinski definition) is 1. The smallest absolute Gasteiger partial charge is 0.362 e. The Morgan fingerprint density at radius 3 is 2.11 bits per heavy atom. The van der Waals surface area contributed by atoms with Gasteiger partial charge in [0.25, 0.3) is 0 Å². The van der Waals surface area contributed by atoms with Gasteiger partial charge in [-0.2, -0.15) is 0 Å². The molecule has 0 aliphatic carbocycles. The van der Waals surface area contributed by atoms with E-state index in [1.807, 2.05) is 12.1 Å². The SMILES string of the molecule is CCCCCCCCCCCCOC(=O)/C(=N/O)C1=NCC(CCC)(CCC)c2c(C)cccc21. The summed E-state index contributed by atoms with van der Waals surface area (Å²) >= 11 is 0. The molecule has 1 aromatic rings. The van der Waals surface area contributed by atoms with Crippen LogP contribution in [0.3, 0.4) is 0 Å². The molecule has 1 aliphatic rings. The van der Waals surface area contributed by atoms with E-state index in [1.54, 1.807) is 0 Å². The van der Waals surface area contributed by atoms with Crippen LogP contribution in [0, 0.1) is 6.92 Å². The van der Waals surface area contributed by atoms with Crippen LogP contribution in [0.4, 0.5) is 0 Å². The molecule has 0 spiro atoms. The van der Waals surface area contributed by atoms with Crippen LogP contribution in [0.5, 0.6) is 0 Å². The number of oxime groups is 1. The summed E-state index contributed by atoms with van der Waals surface area (Å²) in [5.74, 6) is -0.590. The molecule has 0 amide bonds. The third-order valence-corrected chi connectivity index (χ3v) is 7.30. The predicted molar refractivity (Wildman–Crippen MR) is 146 cm³/mol. The van der Waals surface area contributed by atoms with Gasteiger partial charge in [0.1, 0.15) is 5.71 Å². The van der Waals surface area contributed by atoms with Crippen molar-refractivity contribution in [2.24, 2.45) is 10.1 Å². The van der Waals surface area contributed by atoms with Crippen molar-refractivity contribution in [3.05, 3.63) is 34.9 Å². The third-order valence-electron chi connectivity index (χ3n) is 7.30. The molecule has 0 atom stereocenters. The highest BCUT2D eigenvalue weighted by Crippen LogP contribution is 2.41. The molecule has 0 bridgehead atoms. The standard InChI is InChI=1S/C30H48N2O3/c1-5-8-9-10-11-12-13-14-15-16-22-35-29(33)28(32-34)27-25-19-17-18-24(4)26(25)30(20-6-2,21-7-3)23-31-27/h17-19,34H,5-16,20-23H2,1-4H3/b32-28+. The first-order chi connectivity index (χ1) is 17.0. The van der Waals surface area contributed by atoms with Gasteiger partial charge in [0, 0.05) is 17.5 Å². The van der Waals surface area contributed by atoms with Gasteiger partial charge in [-0.3, -0.25) is 4.99 Å². The van der Waals surface area contributed by atoms with E-state index in [-0.39, 0.29) is 11.1 Å². The zero-order valence-electron chi connectivity index (χ0n) is 22.7. The minimum atomic E-state index is -0.590. The summed E-state index contributed by atoms with van der Waals surface area (Å²) in [5, 5.41) is 13.1. The summed E-state index contributed by atoms with van der Waals surface area (Å²) in [6, 6.07) is 6.12. The maximum absolute atomic E-state index is 12.8. The first kappa shape index (κ1) is 29.1. The Morgan fingerprint density at radius 1 is 0.943 bits per heavy atom. The lowest BCUT2D eigenvalue weighted by atomic mass is 9.68. The van der Waals surface area contributed by atoms with Gasteiger partial charge in [-0.05, 0) is 37.3 Å². The zero-order chi connectivity index (χ0) is 25.5. The normalized spacial score (nSPS) is 15.0. The lowest BCUT2D eigenvalue weighted by Gasteiger charge is -2.39. The molecule has 0 saturated carbocycles. The summed E-state index contributed by atoms with van der Waals surface area (Å²) < 4.78 is 5.50. The molecule has 1 aromatic carbocycles. The number of benzene rings is 1. The van der Waals surface area contributed by atoms with Crippen LogP contribution in [-0.4, -0.2) is 35.8 Å². The van der Waals surface area contributed by atoms with E-state index in [4.69, 9.17) is 9.73 Å². The van der Waals surface area contributed by atoms with Crippen molar-refractivity contribution in [1.82, 2.24) is 0 Å². The minimum absolute atomic E-state index is 0.0336. The van der Waals surface area contributed by atoms with Gasteiger partial charge >= 0.3 is 5.97 Å². The molecule has 1 heterocycles. The molecule has 196 valence electrons. The average Bonchev–Trinajstić information content (AvgIpc) is 2.84. The molecule has 1 aliphatic heterocycles. The van der Waals surface area contributed by atoms with Crippen LogP contribution >= 0.6 is 0 Å². The fraction of sp³-hybridized carbons (Fsp3) is 0.700. The number of carbonyl (C=O) groups excluding carboxylic acids is 1. The highest BCUT2D eigenvalue weighted by atomic mass is 16.5. The fourth-order valence-electron chi connectivity index (χ4n) is 5.66. The van der Waals surface area contributed by atoms with Gasteiger partial charge in [0.2, 0.25) is 5.71 Å². The molecule has 0 radical (unpaired) electrons. The molecule has 5 heteroatoms. The highest BCUT2D eigenvalue weighted by Gasteiger charge is 2.39. The summed E-state index contributed by atoms with van der Waals surface area (Å²) in [7, 11) is 0. The molecular weight excluding hydrogens is 436 g/mol. The molecule has 5 nitrogen and oxygen atoms in total. The molecule has 0 aromatic heterocycles. The Labute approximate surface area is 213 Å². The molecule has 0 unspecified atom stereocenters. The number of hydrogen-bond acceptors (Lipinski definition) is 5. The zero-order valence-corrected chi connectivity index (χ0v) is 22.7. The van der Waals surface area contributed by atoms with Crippen LogP contribution in [0.15, 0.2) is 28.3 Å². The fourth-order valence-corrected chi connectivity index (χ4v) is 5.66. The van der Waals surface area contributed by atoms with Crippen molar-refractivity contribution in [3.8, 4) is 0 Å². The van der Waals surface area contributed by atoms with Crippen LogP contribution in [-0.2, 0) is 14.9 Å². The summed E-state index contributed by atoms with van der Waals surface area (Å²) in [6.07, 6.45) is 16.5. The van der Waals surface area contributed by atoms with Gasteiger partial charge in [-0.1, -0.05) is 115 Å². The number of aryl methyl sites for hydroxylation is 1. The first-order valence-corrected chi connectivity index (χ1v) is 14.1. The second kappa shape index (κ2) is 15.7. The van der Waals surface area contributed by atoms with Crippen molar-refractivity contribution in [2.45, 2.75) is 123 Å². The van der Waals surface area contributed by atoms with E-state index >= 15 is 0 Å². The maximum atomic E-state index is 12.8. The largest absolute Gasteiger partial charge is 0.461 e. The molecule has 0 fully saturated rings. The van der Waals surface area contributed by atoms with Gasteiger partial charge in [0.05, 0.1) is 6.61 Å². The Balaban J connectivity index is 1.94. The first-order valence-electron chi connectivity index (χ1n) is 14.1. The van der Waals surface area contributed by atoms with Crippen molar-refractivity contribution in [3.63, 3.8) is 0 Å². The lowest BCUT2D eigenvalue weighted by molar-refractivity contribution is -0.135. The van der Waals surface area contributed by atoms with Crippen LogP contribution in [0.2, 0.25) is 0 Å². The van der Waals surface area contributed by atoms with Gasteiger partial charge in [-0.25, -0.2) is 4.79 Å². The number of unbranched alkanes of at least 4 members (excludes halogenated alkanes) is 9. The highest BCUT2D eigenvalue weighted by molar-refractivity contribution is 6.69. The third kappa shape index (κ3) is 8.18. The number of carbonyl (C=O) groups is 1. The predicted octanol–water partition coefficient (Wildman–Crippen LogP) is 7.93. The van der Waals surface area contributed by atoms with Crippen molar-refractivity contribution < 1.29 is 14.7 Å². The summed E-state index contributed by atoms with van der Waals surface area (Å²) in [5.41, 5.74) is 3.70. The monoisotopic (exact) mass is 484 g/mol. The number of rotatable bonds is 17. The van der Waals surface area contributed by atoms with Crippen LogP contribution in [0.25, 0.3) is 0 Å². The Morgan fingerprint density at radius 2 is 1.54 bits per heavy atom. The number of ether oxygens (including phenoxy) is 1. The van der Waals surface area contributed by atoms with Crippen molar-refractivity contribution >= 4 is 17.4 Å². The number of nitrogens with zero attached hydrogens (tertiary/aromatic N) is 2. The van der Waals surface area contributed by atoms with Gasteiger partial charge in [-0.15, -0.1) is 0 Å². The van der Waals surface area contributed by atoms with Crippen molar-refractivity contribution in [2.75, 3.05) is 13.2 Å². The van der Waals surface area contributed by atoms with Crippen LogP contribution < -0.4 is 0 Å². The lowest BCUT2D eigenvalue weighted by Crippen LogP contribution is -2.40. The molecular formula is C30H48N2O3. The van der Waals surface area contributed by atoms with Crippen molar-refractivity contribution in [1.29, 1.82) is 0 Å². The topological polar surface area (TPSA) is 71.2 Å². The Hall–Kier alpha value is -2.17. The van der Waals surface area contributed by atoms with E-state index in [1.165, 1.54) is 62.5 Å². The van der Waals surface area contributed by atoms with Gasteiger partial charge < -0.3 is 9.94 Å². The Kier molecular flexibility index (Phi) is 13.1. The van der Waals surface area contributed by atoms with E-state index < -0.39 is 5.97 Å². The summed E-state index contributed by atoms with van der Waals surface area (Å²) in [6.45, 7) is 9.74. The number of fused-ring (bicyclic) bond motifs is 1. The van der Waals surface area contributed by atoms with E-state index in [0.717, 1.165) is 44.1 Å². The minimum Gasteiger partial charge on any atom is -0.461 e. The number of aliphatic imine (C=N–C) groups is 1. The van der Waals surface area contributed by atoms with E-state index in [2.05, 4.69) is 38.9 Å². The van der Waals surface area contributed by atoms with E-state index in [0.29, 0.717) is 18.9 Å². The molecule has 0 saturated heterocycles. The molecule has 2 rings (SSSR count). The number of esters is 1. The maximum Gasteiger partial charge on any atom is 0.362 e. The van der Waals surface area contributed by atoms with Crippen LogP contribution in [0.1, 0.15) is 127 Å². The summed E-state index contributed by atoms with van der Waals surface area (Å²) in [4.78, 5) is 17.7. The molecule has 35 heavy (non-hydrogen) atoms. The van der Waals surface area contributed by atoms with Gasteiger partial charge in [0.15, 0.2) is 0 Å². The Bertz CT molecular complexity index is 838. The second-order valence-electron chi connectivity index (χ2n) is 10.2. The molecule has 1 N–H and O–H groups in total.